The molecule has 3 rings (SSSR count). The minimum atomic E-state index is -0.317. The molecule has 0 unspecified atom stereocenters. The van der Waals surface area contributed by atoms with E-state index in [2.05, 4.69) is 26.1 Å². The predicted molar refractivity (Wildman–Crippen MR) is 120 cm³/mol. The number of hydrogen-bond acceptors (Lipinski definition) is 4. The van der Waals surface area contributed by atoms with E-state index < -0.39 is 0 Å². The summed E-state index contributed by atoms with van der Waals surface area (Å²) in [6, 6.07) is 7.68. The van der Waals surface area contributed by atoms with E-state index >= 15 is 0 Å². The molecule has 1 heterocycles. The summed E-state index contributed by atoms with van der Waals surface area (Å²) in [5.41, 5.74) is 0.650. The number of thioether (sulfide) groups is 1. The van der Waals surface area contributed by atoms with Crippen molar-refractivity contribution in [3.05, 3.63) is 34.6 Å². The lowest BCUT2D eigenvalue weighted by Gasteiger charge is -2.35. The number of carbonyl (C=O) groups is 1. The highest BCUT2D eigenvalue weighted by Gasteiger charge is 2.30. The van der Waals surface area contributed by atoms with E-state index in [9.17, 15) is 9.59 Å². The van der Waals surface area contributed by atoms with Gasteiger partial charge in [0.25, 0.3) is 5.56 Å². The Balaban J connectivity index is 1.84. The zero-order chi connectivity index (χ0) is 21.1. The average molecular weight is 416 g/mol. The van der Waals surface area contributed by atoms with Crippen LogP contribution >= 0.6 is 11.8 Å². The monoisotopic (exact) mass is 415 g/mol. The minimum absolute atomic E-state index is 0.0246. The minimum Gasteiger partial charge on any atom is -0.352 e. The van der Waals surface area contributed by atoms with Crippen molar-refractivity contribution in [1.29, 1.82) is 0 Å². The lowest BCUT2D eigenvalue weighted by atomic mass is 9.78. The van der Waals surface area contributed by atoms with E-state index in [4.69, 9.17) is 4.98 Å². The first-order chi connectivity index (χ1) is 13.8. The molecule has 0 aliphatic heterocycles. The highest BCUT2D eigenvalue weighted by atomic mass is 32.2. The number of benzene rings is 1. The van der Waals surface area contributed by atoms with E-state index in [1.165, 1.54) is 18.2 Å². The van der Waals surface area contributed by atoms with Crippen LogP contribution in [0.5, 0.6) is 0 Å². The predicted octanol–water partition coefficient (Wildman–Crippen LogP) is 4.79. The largest absolute Gasteiger partial charge is 0.352 e. The molecule has 5 atom stereocenters. The number of aromatic nitrogens is 2. The van der Waals surface area contributed by atoms with Gasteiger partial charge in [0.2, 0.25) is 5.91 Å². The fourth-order valence-corrected chi connectivity index (χ4v) is 5.10. The molecule has 1 fully saturated rings. The first kappa shape index (κ1) is 21.9. The number of carbonyl (C=O) groups excluding carboxylic acids is 1. The number of nitrogens with zero attached hydrogens (tertiary/aromatic N) is 2. The number of hydrogen-bond donors (Lipinski definition) is 1. The summed E-state index contributed by atoms with van der Waals surface area (Å²) in [6.45, 7) is 10.5. The standard InChI is InChI=1S/C23H33N3O2S/c1-6-15(3)26-22(28)18-11-7-8-12-20(18)25-23(26)29-17(5)21(27)24-19-13-9-10-14(2)16(19)4/h7-8,11-12,14-17,19H,6,9-10,13H2,1-5H3,(H,24,27)/t14-,15-,16-,17+,19+/m0/s1. The number of para-hydroxylation sites is 1. The topological polar surface area (TPSA) is 64.0 Å². The van der Waals surface area contributed by atoms with E-state index in [0.717, 1.165) is 19.3 Å². The van der Waals surface area contributed by atoms with Crippen LogP contribution in [0.2, 0.25) is 0 Å². The van der Waals surface area contributed by atoms with Crippen LogP contribution in [0.1, 0.15) is 66.3 Å². The van der Waals surface area contributed by atoms with Crippen molar-refractivity contribution in [2.24, 2.45) is 11.8 Å². The highest BCUT2D eigenvalue weighted by molar-refractivity contribution is 8.00. The molecule has 0 radical (unpaired) electrons. The van der Waals surface area contributed by atoms with Gasteiger partial charge in [0.05, 0.1) is 16.2 Å². The molecule has 5 nitrogen and oxygen atoms in total. The van der Waals surface area contributed by atoms with Crippen molar-refractivity contribution in [2.75, 3.05) is 0 Å². The maximum absolute atomic E-state index is 13.1. The summed E-state index contributed by atoms with van der Waals surface area (Å²) >= 11 is 1.38. The van der Waals surface area contributed by atoms with Gasteiger partial charge < -0.3 is 5.32 Å². The van der Waals surface area contributed by atoms with Crippen molar-refractivity contribution >= 4 is 28.6 Å². The summed E-state index contributed by atoms with van der Waals surface area (Å²) in [7, 11) is 0. The number of amides is 1. The second-order valence-corrected chi connectivity index (χ2v) is 9.79. The maximum atomic E-state index is 13.1. The number of rotatable bonds is 6. The van der Waals surface area contributed by atoms with Gasteiger partial charge in [-0.05, 0) is 50.7 Å². The van der Waals surface area contributed by atoms with Gasteiger partial charge in [0, 0.05) is 12.1 Å². The molecule has 158 valence electrons. The van der Waals surface area contributed by atoms with Gasteiger partial charge in [-0.15, -0.1) is 0 Å². The molecule has 1 aromatic heterocycles. The van der Waals surface area contributed by atoms with Crippen molar-refractivity contribution in [3.8, 4) is 0 Å². The SMILES string of the molecule is CC[C@H](C)n1c(S[C@H](C)C(=O)N[C@@H]2CCC[C@H](C)[C@@H]2C)nc2ccccc2c1=O. The molecule has 1 aromatic carbocycles. The zero-order valence-corrected chi connectivity index (χ0v) is 19.0. The molecular formula is C23H33N3O2S. The van der Waals surface area contributed by atoms with Gasteiger partial charge in [-0.3, -0.25) is 14.2 Å². The number of nitrogens with one attached hydrogen (secondary N) is 1. The zero-order valence-electron chi connectivity index (χ0n) is 18.1. The van der Waals surface area contributed by atoms with Crippen LogP contribution in [-0.2, 0) is 4.79 Å². The molecule has 0 spiro atoms. The Hall–Kier alpha value is -1.82. The summed E-state index contributed by atoms with van der Waals surface area (Å²) in [6.07, 6.45) is 4.27. The second-order valence-electron chi connectivity index (χ2n) is 8.49. The Labute approximate surface area is 177 Å². The maximum Gasteiger partial charge on any atom is 0.262 e. The summed E-state index contributed by atoms with van der Waals surface area (Å²) in [4.78, 5) is 30.8. The van der Waals surface area contributed by atoms with Gasteiger partial charge in [-0.2, -0.15) is 0 Å². The van der Waals surface area contributed by atoms with Crippen LogP contribution < -0.4 is 10.9 Å². The molecule has 0 saturated heterocycles. The van der Waals surface area contributed by atoms with E-state index in [1.807, 2.05) is 38.1 Å². The Kier molecular flexibility index (Phi) is 7.04. The van der Waals surface area contributed by atoms with Gasteiger partial charge in [0.15, 0.2) is 5.16 Å². The van der Waals surface area contributed by atoms with Crippen molar-refractivity contribution in [3.63, 3.8) is 0 Å². The fourth-order valence-electron chi connectivity index (χ4n) is 4.08. The lowest BCUT2D eigenvalue weighted by Crippen LogP contribution is -2.46. The molecule has 29 heavy (non-hydrogen) atoms. The number of fused-ring (bicyclic) bond motifs is 1. The van der Waals surface area contributed by atoms with Crippen LogP contribution in [0.3, 0.4) is 0 Å². The van der Waals surface area contributed by atoms with Crippen LogP contribution in [0.4, 0.5) is 0 Å². The first-order valence-electron chi connectivity index (χ1n) is 10.8. The van der Waals surface area contributed by atoms with Crippen LogP contribution in [0.25, 0.3) is 10.9 Å². The highest BCUT2D eigenvalue weighted by Crippen LogP contribution is 2.31. The normalized spacial score (nSPS) is 24.2. The van der Waals surface area contributed by atoms with E-state index in [-0.39, 0.29) is 28.8 Å². The molecule has 0 bridgehead atoms. The van der Waals surface area contributed by atoms with Crippen LogP contribution in [0.15, 0.2) is 34.2 Å². The third kappa shape index (κ3) is 4.68. The second kappa shape index (κ2) is 9.33. The van der Waals surface area contributed by atoms with Crippen molar-refractivity contribution < 1.29 is 4.79 Å². The molecule has 1 saturated carbocycles. The Morgan fingerprint density at radius 2 is 2.00 bits per heavy atom. The third-order valence-corrected chi connectivity index (χ3v) is 7.56. The summed E-state index contributed by atoms with van der Waals surface area (Å²) < 4.78 is 1.75. The van der Waals surface area contributed by atoms with Crippen LogP contribution in [0, 0.1) is 11.8 Å². The van der Waals surface area contributed by atoms with Crippen molar-refractivity contribution in [2.45, 2.75) is 82.8 Å². The van der Waals surface area contributed by atoms with E-state index in [0.29, 0.717) is 27.9 Å². The Morgan fingerprint density at radius 3 is 2.72 bits per heavy atom. The molecule has 1 aliphatic carbocycles. The fraction of sp³-hybridized carbons (Fsp3) is 0.609. The van der Waals surface area contributed by atoms with Crippen LogP contribution in [-0.4, -0.2) is 26.8 Å². The summed E-state index contributed by atoms with van der Waals surface area (Å²) in [5.74, 6) is 1.15. The van der Waals surface area contributed by atoms with Gasteiger partial charge in [0.1, 0.15) is 0 Å². The van der Waals surface area contributed by atoms with Gasteiger partial charge in [-0.25, -0.2) is 4.98 Å². The van der Waals surface area contributed by atoms with Gasteiger partial charge in [-0.1, -0.05) is 57.5 Å². The van der Waals surface area contributed by atoms with E-state index in [1.54, 1.807) is 4.57 Å². The quantitative estimate of drug-likeness (QED) is 0.544. The lowest BCUT2D eigenvalue weighted by molar-refractivity contribution is -0.121. The average Bonchev–Trinajstić information content (AvgIpc) is 2.71. The molecule has 1 amide bonds. The molecular weight excluding hydrogens is 382 g/mol. The smallest absolute Gasteiger partial charge is 0.262 e. The third-order valence-electron chi connectivity index (χ3n) is 6.49. The van der Waals surface area contributed by atoms with Gasteiger partial charge >= 0.3 is 0 Å². The first-order valence-corrected chi connectivity index (χ1v) is 11.7. The molecule has 6 heteroatoms. The Morgan fingerprint density at radius 1 is 1.28 bits per heavy atom. The molecule has 1 N–H and O–H groups in total. The summed E-state index contributed by atoms with van der Waals surface area (Å²) in [5, 5.41) is 4.19. The molecule has 1 aliphatic rings. The Bertz CT molecular complexity index is 926. The van der Waals surface area contributed by atoms with Crippen molar-refractivity contribution in [1.82, 2.24) is 14.9 Å². The molecule has 2 aromatic rings.